The Morgan fingerprint density at radius 1 is 1.24 bits per heavy atom. The van der Waals surface area contributed by atoms with Gasteiger partial charge in [-0.2, -0.15) is 0 Å². The Labute approximate surface area is 120 Å². The summed E-state index contributed by atoms with van der Waals surface area (Å²) in [6, 6.07) is 12.8. The third-order valence-electron chi connectivity index (χ3n) is 3.32. The lowest BCUT2D eigenvalue weighted by molar-refractivity contribution is -0.115. The van der Waals surface area contributed by atoms with Gasteiger partial charge in [0.05, 0.1) is 11.9 Å². The van der Waals surface area contributed by atoms with Gasteiger partial charge in [0.2, 0.25) is 5.91 Å². The van der Waals surface area contributed by atoms with Gasteiger partial charge in [0.15, 0.2) is 5.58 Å². The van der Waals surface area contributed by atoms with Crippen LogP contribution in [0.5, 0.6) is 0 Å². The molecular formula is C16H14N2O3. The van der Waals surface area contributed by atoms with Crippen LogP contribution >= 0.6 is 0 Å². The molecule has 5 nitrogen and oxygen atoms in total. The van der Waals surface area contributed by atoms with Crippen molar-refractivity contribution in [1.29, 1.82) is 0 Å². The van der Waals surface area contributed by atoms with Crippen molar-refractivity contribution >= 4 is 22.7 Å². The van der Waals surface area contributed by atoms with Gasteiger partial charge < -0.3 is 9.73 Å². The highest BCUT2D eigenvalue weighted by Gasteiger charge is 2.08. The van der Waals surface area contributed by atoms with E-state index in [-0.39, 0.29) is 5.91 Å². The average Bonchev–Trinajstić information content (AvgIpc) is 2.80. The monoisotopic (exact) mass is 282 g/mol. The van der Waals surface area contributed by atoms with Crippen molar-refractivity contribution in [2.24, 2.45) is 0 Å². The minimum Gasteiger partial charge on any atom is -0.408 e. The summed E-state index contributed by atoms with van der Waals surface area (Å²) in [7, 11) is 0. The molecule has 0 saturated carbocycles. The minimum atomic E-state index is -0.506. The van der Waals surface area contributed by atoms with Crippen LogP contribution in [0.3, 0.4) is 0 Å². The van der Waals surface area contributed by atoms with Crippen molar-refractivity contribution in [2.75, 3.05) is 5.32 Å². The van der Waals surface area contributed by atoms with Crippen LogP contribution in [0.25, 0.3) is 11.1 Å². The van der Waals surface area contributed by atoms with E-state index in [1.54, 1.807) is 18.2 Å². The maximum absolute atomic E-state index is 12.1. The van der Waals surface area contributed by atoms with Crippen LogP contribution in [-0.4, -0.2) is 10.9 Å². The molecule has 3 rings (SSSR count). The van der Waals surface area contributed by atoms with Crippen molar-refractivity contribution < 1.29 is 9.21 Å². The van der Waals surface area contributed by atoms with Crippen LogP contribution in [0.2, 0.25) is 0 Å². The lowest BCUT2D eigenvalue weighted by atomic mass is 10.1. The molecule has 0 spiro atoms. The molecule has 0 saturated heterocycles. The molecule has 2 N–H and O–H groups in total. The lowest BCUT2D eigenvalue weighted by Gasteiger charge is -2.07. The summed E-state index contributed by atoms with van der Waals surface area (Å²) < 4.78 is 4.97. The van der Waals surface area contributed by atoms with Gasteiger partial charge in [0.25, 0.3) is 0 Å². The van der Waals surface area contributed by atoms with E-state index in [1.807, 2.05) is 31.2 Å². The Bertz CT molecular complexity index is 861. The zero-order valence-corrected chi connectivity index (χ0v) is 11.5. The third kappa shape index (κ3) is 2.86. The number of carbonyl (C=O) groups excluding carboxylic acids is 1. The summed E-state index contributed by atoms with van der Waals surface area (Å²) in [6.45, 7) is 1.98. The van der Waals surface area contributed by atoms with Crippen molar-refractivity contribution in [3.63, 3.8) is 0 Å². The Kier molecular flexibility index (Phi) is 3.31. The van der Waals surface area contributed by atoms with E-state index in [2.05, 4.69) is 10.3 Å². The molecule has 0 fully saturated rings. The van der Waals surface area contributed by atoms with Crippen LogP contribution < -0.4 is 11.1 Å². The molecule has 21 heavy (non-hydrogen) atoms. The second-order valence-corrected chi connectivity index (χ2v) is 4.88. The van der Waals surface area contributed by atoms with Crippen molar-refractivity contribution in [2.45, 2.75) is 13.3 Å². The summed E-state index contributed by atoms with van der Waals surface area (Å²) in [6.07, 6.45) is 0.307. The van der Waals surface area contributed by atoms with Crippen LogP contribution in [0.1, 0.15) is 11.1 Å². The number of aromatic nitrogens is 1. The molecule has 1 amide bonds. The van der Waals surface area contributed by atoms with E-state index in [9.17, 15) is 9.59 Å². The number of oxazole rings is 1. The standard InChI is InChI=1S/C16H14N2O3/c1-10-4-2-3-5-11(10)8-15(19)17-12-6-7-13-14(9-12)21-16(20)18-13/h2-7,9H,8H2,1H3,(H,17,19)(H,18,20). The Morgan fingerprint density at radius 2 is 2.05 bits per heavy atom. The number of rotatable bonds is 3. The van der Waals surface area contributed by atoms with E-state index >= 15 is 0 Å². The van der Waals surface area contributed by atoms with Gasteiger partial charge >= 0.3 is 5.76 Å². The lowest BCUT2D eigenvalue weighted by Crippen LogP contribution is -2.14. The molecule has 0 atom stereocenters. The largest absolute Gasteiger partial charge is 0.417 e. The SMILES string of the molecule is Cc1ccccc1CC(=O)Nc1ccc2[nH]c(=O)oc2c1. The molecular weight excluding hydrogens is 268 g/mol. The number of carbonyl (C=O) groups is 1. The predicted molar refractivity (Wildman–Crippen MR) is 80.3 cm³/mol. The maximum atomic E-state index is 12.1. The van der Waals surface area contributed by atoms with Gasteiger partial charge in [-0.1, -0.05) is 24.3 Å². The summed E-state index contributed by atoms with van der Waals surface area (Å²) in [5.74, 6) is -0.616. The van der Waals surface area contributed by atoms with E-state index in [0.717, 1.165) is 11.1 Å². The van der Waals surface area contributed by atoms with Crippen LogP contribution in [0, 0.1) is 6.92 Å². The topological polar surface area (TPSA) is 75.1 Å². The van der Waals surface area contributed by atoms with Gasteiger partial charge in [0, 0.05) is 11.8 Å². The molecule has 0 aliphatic rings. The number of fused-ring (bicyclic) bond motifs is 1. The first-order valence-electron chi connectivity index (χ1n) is 6.59. The highest BCUT2D eigenvalue weighted by atomic mass is 16.4. The van der Waals surface area contributed by atoms with Gasteiger partial charge in [-0.3, -0.25) is 9.78 Å². The molecule has 2 aromatic carbocycles. The molecule has 0 unspecified atom stereocenters. The van der Waals surface area contributed by atoms with Gasteiger partial charge in [-0.25, -0.2) is 4.79 Å². The molecule has 0 aliphatic heterocycles. The third-order valence-corrected chi connectivity index (χ3v) is 3.32. The molecule has 3 aromatic rings. The van der Waals surface area contributed by atoms with Crippen molar-refractivity contribution in [3.8, 4) is 0 Å². The van der Waals surface area contributed by atoms with Crippen LogP contribution in [0.4, 0.5) is 5.69 Å². The molecule has 106 valence electrons. The first-order chi connectivity index (χ1) is 10.1. The summed E-state index contributed by atoms with van der Waals surface area (Å²) >= 11 is 0. The van der Waals surface area contributed by atoms with Crippen LogP contribution in [-0.2, 0) is 11.2 Å². The van der Waals surface area contributed by atoms with E-state index in [0.29, 0.717) is 23.2 Å². The second kappa shape index (κ2) is 5.28. The van der Waals surface area contributed by atoms with Gasteiger partial charge in [0.1, 0.15) is 0 Å². The summed E-state index contributed by atoms with van der Waals surface area (Å²) in [4.78, 5) is 25.7. The minimum absolute atomic E-state index is 0.110. The van der Waals surface area contributed by atoms with Gasteiger partial charge in [-0.15, -0.1) is 0 Å². The Balaban J connectivity index is 1.77. The first kappa shape index (κ1) is 13.2. The van der Waals surface area contributed by atoms with Crippen LogP contribution in [0.15, 0.2) is 51.7 Å². The van der Waals surface area contributed by atoms with E-state index in [1.165, 1.54) is 0 Å². The number of H-pyrrole nitrogens is 1. The molecule has 0 radical (unpaired) electrons. The Morgan fingerprint density at radius 3 is 2.86 bits per heavy atom. The van der Waals surface area contributed by atoms with Crippen molar-refractivity contribution in [3.05, 3.63) is 64.1 Å². The summed E-state index contributed by atoms with van der Waals surface area (Å²) in [5.41, 5.74) is 3.71. The number of aryl methyl sites for hydroxylation is 1. The second-order valence-electron chi connectivity index (χ2n) is 4.88. The number of benzene rings is 2. The maximum Gasteiger partial charge on any atom is 0.417 e. The van der Waals surface area contributed by atoms with E-state index < -0.39 is 5.76 Å². The predicted octanol–water partition coefficient (Wildman–Crippen LogP) is 2.61. The first-order valence-corrected chi connectivity index (χ1v) is 6.59. The number of hydrogen-bond acceptors (Lipinski definition) is 3. The molecule has 5 heteroatoms. The highest BCUT2D eigenvalue weighted by Crippen LogP contribution is 2.17. The molecule has 1 heterocycles. The number of anilines is 1. The van der Waals surface area contributed by atoms with Crippen molar-refractivity contribution in [1.82, 2.24) is 4.98 Å². The fourth-order valence-electron chi connectivity index (χ4n) is 2.21. The quantitative estimate of drug-likeness (QED) is 0.775. The fourth-order valence-corrected chi connectivity index (χ4v) is 2.21. The number of aromatic amines is 1. The van der Waals surface area contributed by atoms with E-state index in [4.69, 9.17) is 4.42 Å². The smallest absolute Gasteiger partial charge is 0.408 e. The number of nitrogens with one attached hydrogen (secondary N) is 2. The number of amides is 1. The average molecular weight is 282 g/mol. The van der Waals surface area contributed by atoms with Gasteiger partial charge in [-0.05, 0) is 30.2 Å². The number of hydrogen-bond donors (Lipinski definition) is 2. The normalized spacial score (nSPS) is 10.7. The fraction of sp³-hybridized carbons (Fsp3) is 0.125. The summed E-state index contributed by atoms with van der Waals surface area (Å²) in [5, 5.41) is 2.80. The molecule has 1 aromatic heterocycles. The molecule has 0 aliphatic carbocycles. The molecule has 0 bridgehead atoms. The highest BCUT2D eigenvalue weighted by molar-refractivity contribution is 5.94. The zero-order chi connectivity index (χ0) is 14.8. The zero-order valence-electron chi connectivity index (χ0n) is 11.5. The Hall–Kier alpha value is -2.82.